The maximum atomic E-state index is 4.55. The van der Waals surface area contributed by atoms with E-state index in [0.717, 1.165) is 38.8 Å². The SMILES string of the molecule is CNc1snc(C)c1-c1nc2nccc(C)c2[nH]1. The van der Waals surface area contributed by atoms with Gasteiger partial charge in [0.25, 0.3) is 0 Å². The molecule has 0 saturated carbocycles. The van der Waals surface area contributed by atoms with E-state index < -0.39 is 0 Å². The Labute approximate surface area is 108 Å². The fraction of sp³-hybridized carbons (Fsp3) is 0.250. The summed E-state index contributed by atoms with van der Waals surface area (Å²) in [5.74, 6) is 0.822. The minimum atomic E-state index is 0.748. The molecule has 3 aromatic heterocycles. The van der Waals surface area contributed by atoms with Crippen molar-refractivity contribution in [3.63, 3.8) is 0 Å². The van der Waals surface area contributed by atoms with Crippen LogP contribution in [0.2, 0.25) is 0 Å². The van der Waals surface area contributed by atoms with Crippen LogP contribution in [-0.4, -0.2) is 26.4 Å². The molecular weight excluding hydrogens is 246 g/mol. The van der Waals surface area contributed by atoms with E-state index in [4.69, 9.17) is 0 Å². The Morgan fingerprint density at radius 2 is 2.17 bits per heavy atom. The van der Waals surface area contributed by atoms with E-state index >= 15 is 0 Å². The van der Waals surface area contributed by atoms with Gasteiger partial charge in [-0.25, -0.2) is 9.97 Å². The van der Waals surface area contributed by atoms with Crippen molar-refractivity contribution in [2.75, 3.05) is 12.4 Å². The molecule has 0 radical (unpaired) electrons. The van der Waals surface area contributed by atoms with Crippen molar-refractivity contribution in [2.45, 2.75) is 13.8 Å². The fourth-order valence-electron chi connectivity index (χ4n) is 1.97. The highest BCUT2D eigenvalue weighted by Gasteiger charge is 2.16. The molecule has 2 N–H and O–H groups in total. The number of fused-ring (bicyclic) bond motifs is 1. The molecule has 3 rings (SSSR count). The first-order valence-corrected chi connectivity index (χ1v) is 6.43. The smallest absolute Gasteiger partial charge is 0.178 e. The van der Waals surface area contributed by atoms with E-state index in [0.29, 0.717) is 0 Å². The maximum Gasteiger partial charge on any atom is 0.178 e. The maximum absolute atomic E-state index is 4.55. The van der Waals surface area contributed by atoms with E-state index in [1.807, 2.05) is 27.0 Å². The number of rotatable bonds is 2. The zero-order valence-electron chi connectivity index (χ0n) is 10.4. The Hall–Kier alpha value is -1.95. The number of aryl methyl sites for hydroxylation is 2. The van der Waals surface area contributed by atoms with Crippen LogP contribution in [-0.2, 0) is 0 Å². The average Bonchev–Trinajstić information content (AvgIpc) is 2.92. The predicted molar refractivity (Wildman–Crippen MR) is 74.0 cm³/mol. The molecule has 0 aliphatic rings. The zero-order valence-corrected chi connectivity index (χ0v) is 11.2. The van der Waals surface area contributed by atoms with Crippen LogP contribution >= 0.6 is 11.5 Å². The zero-order chi connectivity index (χ0) is 12.7. The van der Waals surface area contributed by atoms with Crippen LogP contribution in [0, 0.1) is 13.8 Å². The van der Waals surface area contributed by atoms with Gasteiger partial charge >= 0.3 is 0 Å². The van der Waals surface area contributed by atoms with Gasteiger partial charge in [-0.05, 0) is 37.0 Å². The topological polar surface area (TPSA) is 66.5 Å². The minimum Gasteiger partial charge on any atom is -0.378 e. The second-order valence-electron chi connectivity index (χ2n) is 4.13. The molecule has 0 bridgehead atoms. The molecule has 0 fully saturated rings. The molecule has 3 aromatic rings. The number of nitrogens with one attached hydrogen (secondary N) is 2. The predicted octanol–water partition coefficient (Wildman–Crippen LogP) is 2.74. The quantitative estimate of drug-likeness (QED) is 0.742. The van der Waals surface area contributed by atoms with Crippen LogP contribution in [0.3, 0.4) is 0 Å². The molecule has 3 heterocycles. The lowest BCUT2D eigenvalue weighted by Crippen LogP contribution is -1.89. The molecule has 0 saturated heterocycles. The summed E-state index contributed by atoms with van der Waals surface area (Å²) >= 11 is 1.44. The van der Waals surface area contributed by atoms with Gasteiger partial charge in [0.15, 0.2) is 5.65 Å². The molecule has 6 heteroatoms. The van der Waals surface area contributed by atoms with Gasteiger partial charge in [0.2, 0.25) is 0 Å². The van der Waals surface area contributed by atoms with Crippen molar-refractivity contribution in [3.8, 4) is 11.4 Å². The van der Waals surface area contributed by atoms with Gasteiger partial charge in [-0.15, -0.1) is 0 Å². The number of H-pyrrole nitrogens is 1. The van der Waals surface area contributed by atoms with Crippen LogP contribution in [0.25, 0.3) is 22.6 Å². The Balaban J connectivity index is 2.26. The van der Waals surface area contributed by atoms with E-state index in [1.54, 1.807) is 6.20 Å². The summed E-state index contributed by atoms with van der Waals surface area (Å²) in [4.78, 5) is 12.2. The Kier molecular flexibility index (Phi) is 2.52. The van der Waals surface area contributed by atoms with Crippen molar-refractivity contribution in [1.29, 1.82) is 0 Å². The van der Waals surface area contributed by atoms with Crippen LogP contribution in [0.15, 0.2) is 12.3 Å². The molecule has 0 aliphatic carbocycles. The lowest BCUT2D eigenvalue weighted by molar-refractivity contribution is 1.26. The van der Waals surface area contributed by atoms with Gasteiger partial charge in [0, 0.05) is 13.2 Å². The number of anilines is 1. The van der Waals surface area contributed by atoms with Gasteiger partial charge in [-0.2, -0.15) is 4.37 Å². The largest absolute Gasteiger partial charge is 0.378 e. The number of aromatic nitrogens is 4. The van der Waals surface area contributed by atoms with Crippen LogP contribution < -0.4 is 5.32 Å². The van der Waals surface area contributed by atoms with Crippen molar-refractivity contribution in [3.05, 3.63) is 23.5 Å². The summed E-state index contributed by atoms with van der Waals surface area (Å²) in [6.45, 7) is 4.03. The Morgan fingerprint density at radius 3 is 2.89 bits per heavy atom. The monoisotopic (exact) mass is 259 g/mol. The second-order valence-corrected chi connectivity index (χ2v) is 4.91. The van der Waals surface area contributed by atoms with Gasteiger partial charge in [-0.1, -0.05) is 0 Å². The summed E-state index contributed by atoms with van der Waals surface area (Å²) in [5, 5.41) is 4.17. The van der Waals surface area contributed by atoms with E-state index in [1.165, 1.54) is 11.5 Å². The summed E-state index contributed by atoms with van der Waals surface area (Å²) < 4.78 is 4.36. The number of pyridine rings is 1. The third-order valence-electron chi connectivity index (χ3n) is 2.93. The molecular formula is C12H13N5S. The van der Waals surface area contributed by atoms with Crippen molar-refractivity contribution < 1.29 is 0 Å². The highest BCUT2D eigenvalue weighted by molar-refractivity contribution is 7.10. The third kappa shape index (κ3) is 1.57. The highest BCUT2D eigenvalue weighted by Crippen LogP contribution is 2.33. The molecule has 92 valence electrons. The molecule has 0 aliphatic heterocycles. The lowest BCUT2D eigenvalue weighted by Gasteiger charge is -1.98. The second kappa shape index (κ2) is 4.06. The van der Waals surface area contributed by atoms with Gasteiger partial charge in [0.05, 0.1) is 16.8 Å². The third-order valence-corrected chi connectivity index (χ3v) is 3.88. The molecule has 0 spiro atoms. The molecule has 18 heavy (non-hydrogen) atoms. The van der Waals surface area contributed by atoms with E-state index in [-0.39, 0.29) is 0 Å². The minimum absolute atomic E-state index is 0.748. The molecule has 0 unspecified atom stereocenters. The van der Waals surface area contributed by atoms with Crippen LogP contribution in [0.1, 0.15) is 11.3 Å². The van der Waals surface area contributed by atoms with Crippen molar-refractivity contribution in [1.82, 2.24) is 19.3 Å². The van der Waals surface area contributed by atoms with E-state index in [2.05, 4.69) is 24.6 Å². The first-order chi connectivity index (χ1) is 8.70. The Bertz CT molecular complexity index is 712. The van der Waals surface area contributed by atoms with Gasteiger partial charge in [-0.3, -0.25) is 0 Å². The van der Waals surface area contributed by atoms with Crippen LogP contribution in [0.5, 0.6) is 0 Å². The summed E-state index contributed by atoms with van der Waals surface area (Å²) in [6.07, 6.45) is 1.78. The Morgan fingerprint density at radius 1 is 1.33 bits per heavy atom. The number of nitrogens with zero attached hydrogens (tertiary/aromatic N) is 3. The lowest BCUT2D eigenvalue weighted by atomic mass is 10.2. The number of aromatic amines is 1. The van der Waals surface area contributed by atoms with Crippen molar-refractivity contribution in [2.24, 2.45) is 0 Å². The van der Waals surface area contributed by atoms with Gasteiger partial charge < -0.3 is 10.3 Å². The normalized spacial score (nSPS) is 11.1. The van der Waals surface area contributed by atoms with E-state index in [9.17, 15) is 0 Å². The molecule has 0 atom stereocenters. The van der Waals surface area contributed by atoms with Gasteiger partial charge in [0.1, 0.15) is 10.8 Å². The molecule has 0 amide bonds. The summed E-state index contributed by atoms with van der Waals surface area (Å²) in [6, 6.07) is 1.97. The highest BCUT2D eigenvalue weighted by atomic mass is 32.1. The summed E-state index contributed by atoms with van der Waals surface area (Å²) in [7, 11) is 1.89. The fourth-order valence-corrected chi connectivity index (χ4v) is 2.72. The summed E-state index contributed by atoms with van der Waals surface area (Å²) in [5.41, 5.74) is 4.88. The molecule has 0 aromatic carbocycles. The van der Waals surface area contributed by atoms with Crippen LogP contribution in [0.4, 0.5) is 5.00 Å². The van der Waals surface area contributed by atoms with Crippen molar-refractivity contribution >= 4 is 27.7 Å². The molecule has 5 nitrogen and oxygen atoms in total. The number of hydrogen-bond acceptors (Lipinski definition) is 5. The first-order valence-electron chi connectivity index (χ1n) is 5.66. The number of hydrogen-bond donors (Lipinski definition) is 2. The average molecular weight is 259 g/mol. The standard InChI is InChI=1S/C12H13N5S/c1-6-4-5-14-11-9(6)15-10(16-11)8-7(2)17-18-12(8)13-3/h4-5,13H,1-3H3,(H,14,15,16). The number of imidazole rings is 1. The first kappa shape index (κ1) is 11.2.